The maximum atomic E-state index is 12.8. The Bertz CT molecular complexity index is 1080. The number of rotatable bonds is 5. The van der Waals surface area contributed by atoms with Gasteiger partial charge in [0, 0.05) is 11.1 Å². The predicted molar refractivity (Wildman–Crippen MR) is 127 cm³/mol. The summed E-state index contributed by atoms with van der Waals surface area (Å²) in [5.41, 5.74) is -0.0416. The third-order valence-corrected chi connectivity index (χ3v) is 8.75. The van der Waals surface area contributed by atoms with Gasteiger partial charge in [-0.2, -0.15) is 0 Å². The van der Waals surface area contributed by atoms with Crippen LogP contribution >= 0.6 is 10.8 Å². The molecule has 0 bridgehead atoms. The second kappa shape index (κ2) is 8.90. The summed E-state index contributed by atoms with van der Waals surface area (Å²) in [5, 5.41) is 42.6. The Morgan fingerprint density at radius 1 is 0.938 bits per heavy atom. The molecular weight excluding hydrogens is 448 g/mol. The van der Waals surface area contributed by atoms with Crippen molar-refractivity contribution in [2.24, 2.45) is 0 Å². The van der Waals surface area contributed by atoms with Crippen LogP contribution in [0.25, 0.3) is 0 Å². The van der Waals surface area contributed by atoms with Crippen LogP contribution in [-0.4, -0.2) is 33.5 Å². The second-order valence-corrected chi connectivity index (χ2v) is 13.8. The Labute approximate surface area is 195 Å². The molecule has 2 rings (SSSR count). The van der Waals surface area contributed by atoms with E-state index in [0.29, 0.717) is 21.6 Å². The minimum Gasteiger partial charge on any atom is -0.872 e. The molecule has 32 heavy (non-hydrogen) atoms. The highest BCUT2D eigenvalue weighted by molar-refractivity contribution is 8.74. The van der Waals surface area contributed by atoms with Crippen molar-refractivity contribution in [2.75, 3.05) is 6.26 Å². The van der Waals surface area contributed by atoms with E-state index in [1.54, 1.807) is 19.1 Å². The van der Waals surface area contributed by atoms with Gasteiger partial charge in [-0.25, -0.2) is 9.59 Å². The van der Waals surface area contributed by atoms with Crippen molar-refractivity contribution in [1.29, 1.82) is 0 Å². The molecule has 3 N–H and O–H groups in total. The molecule has 2 aromatic rings. The smallest absolute Gasteiger partial charge is 0.339 e. The van der Waals surface area contributed by atoms with Gasteiger partial charge < -0.3 is 20.4 Å². The maximum Gasteiger partial charge on any atom is 0.339 e. The Morgan fingerprint density at radius 2 is 1.47 bits per heavy atom. The van der Waals surface area contributed by atoms with E-state index in [9.17, 15) is 30.0 Å². The number of aromatic carboxylic acids is 2. The first-order valence-electron chi connectivity index (χ1n) is 10.00. The highest BCUT2D eigenvalue weighted by atomic mass is 33.1. The molecule has 1 unspecified atom stereocenters. The van der Waals surface area contributed by atoms with Crippen LogP contribution in [0.1, 0.15) is 78.9 Å². The largest absolute Gasteiger partial charge is 0.872 e. The SMILES string of the molecule is Cc1c([S+](C)Sc2cc(C(=O)O)c(O)c(C(C)(C)C)c2)cc(C(C)(C)C)c([O-])c1C(=O)O. The summed E-state index contributed by atoms with van der Waals surface area (Å²) in [5.74, 6) is -3.20. The van der Waals surface area contributed by atoms with Crippen molar-refractivity contribution in [1.82, 2.24) is 0 Å². The zero-order chi connectivity index (χ0) is 24.8. The van der Waals surface area contributed by atoms with Crippen LogP contribution in [0.2, 0.25) is 0 Å². The van der Waals surface area contributed by atoms with Gasteiger partial charge in [-0.05, 0) is 41.5 Å². The van der Waals surface area contributed by atoms with Crippen LogP contribution in [0, 0.1) is 6.92 Å². The molecule has 2 aromatic carbocycles. The third-order valence-electron chi connectivity index (χ3n) is 5.17. The summed E-state index contributed by atoms with van der Waals surface area (Å²) in [4.78, 5) is 25.0. The van der Waals surface area contributed by atoms with Crippen LogP contribution in [-0.2, 0) is 20.8 Å². The number of benzene rings is 2. The van der Waals surface area contributed by atoms with Gasteiger partial charge in [0.1, 0.15) is 28.4 Å². The Balaban J connectivity index is 2.66. The molecule has 0 fully saturated rings. The minimum atomic E-state index is -1.25. The molecule has 0 amide bonds. The second-order valence-electron chi connectivity index (χ2n) is 9.77. The lowest BCUT2D eigenvalue weighted by Crippen LogP contribution is -2.20. The summed E-state index contributed by atoms with van der Waals surface area (Å²) in [6.45, 7) is 12.9. The Hall–Kier alpha value is -2.32. The zero-order valence-electron chi connectivity index (χ0n) is 19.6. The number of phenols is 1. The number of hydrogen-bond donors (Lipinski definition) is 3. The van der Waals surface area contributed by atoms with Gasteiger partial charge in [0.15, 0.2) is 4.90 Å². The van der Waals surface area contributed by atoms with Gasteiger partial charge in [0.25, 0.3) is 0 Å². The summed E-state index contributed by atoms with van der Waals surface area (Å²) in [6, 6.07) is 4.99. The lowest BCUT2D eigenvalue weighted by atomic mass is 9.84. The first kappa shape index (κ1) is 25.9. The first-order chi connectivity index (χ1) is 14.5. The van der Waals surface area contributed by atoms with Crippen molar-refractivity contribution in [3.8, 4) is 11.5 Å². The quantitative estimate of drug-likeness (QED) is 0.405. The van der Waals surface area contributed by atoms with Crippen LogP contribution in [0.4, 0.5) is 0 Å². The van der Waals surface area contributed by atoms with Crippen molar-refractivity contribution in [3.63, 3.8) is 0 Å². The van der Waals surface area contributed by atoms with Gasteiger partial charge in [-0.15, -0.1) is 0 Å². The van der Waals surface area contributed by atoms with E-state index in [2.05, 4.69) is 0 Å². The van der Waals surface area contributed by atoms with Gasteiger partial charge >= 0.3 is 11.9 Å². The summed E-state index contributed by atoms with van der Waals surface area (Å²) in [7, 11) is 0.786. The molecule has 174 valence electrons. The summed E-state index contributed by atoms with van der Waals surface area (Å²) in [6.07, 6.45) is 1.92. The molecule has 8 heteroatoms. The Kier molecular flexibility index (Phi) is 7.22. The van der Waals surface area contributed by atoms with Crippen LogP contribution in [0.3, 0.4) is 0 Å². The van der Waals surface area contributed by atoms with Crippen LogP contribution in [0.15, 0.2) is 28.0 Å². The first-order valence-corrected chi connectivity index (χ1v) is 13.0. The zero-order valence-corrected chi connectivity index (χ0v) is 21.2. The van der Waals surface area contributed by atoms with Crippen LogP contribution < -0.4 is 5.11 Å². The molecule has 0 spiro atoms. The molecule has 1 atom stereocenters. The van der Waals surface area contributed by atoms with E-state index in [-0.39, 0.29) is 16.9 Å². The van der Waals surface area contributed by atoms with Crippen molar-refractivity contribution in [2.45, 2.75) is 69.1 Å². The average Bonchev–Trinajstić information content (AvgIpc) is 2.60. The summed E-state index contributed by atoms with van der Waals surface area (Å²) < 4.78 is 0. The molecule has 0 aliphatic heterocycles. The number of hydrogen-bond acceptors (Lipinski definition) is 5. The number of carboxylic acid groups (broad SMARTS) is 2. The number of aromatic hydroxyl groups is 1. The number of carboxylic acids is 2. The highest BCUT2D eigenvalue weighted by Gasteiger charge is 2.31. The van der Waals surface area contributed by atoms with Gasteiger partial charge in [-0.1, -0.05) is 47.3 Å². The molecule has 0 aliphatic rings. The highest BCUT2D eigenvalue weighted by Crippen LogP contribution is 2.43. The van der Waals surface area contributed by atoms with Gasteiger partial charge in [0.05, 0.1) is 20.4 Å². The molecule has 0 heterocycles. The molecule has 0 radical (unpaired) electrons. The third kappa shape index (κ3) is 5.18. The van der Waals surface area contributed by atoms with E-state index in [1.807, 2.05) is 47.8 Å². The minimum absolute atomic E-state index is 0.176. The van der Waals surface area contributed by atoms with E-state index in [0.717, 1.165) is 4.90 Å². The lowest BCUT2D eigenvalue weighted by Gasteiger charge is -2.28. The molecule has 0 aliphatic carbocycles. The average molecular weight is 479 g/mol. The van der Waals surface area contributed by atoms with Crippen LogP contribution in [0.5, 0.6) is 11.5 Å². The van der Waals surface area contributed by atoms with E-state index < -0.39 is 38.4 Å². The lowest BCUT2D eigenvalue weighted by molar-refractivity contribution is -0.270. The maximum absolute atomic E-state index is 12.8. The van der Waals surface area contributed by atoms with Crippen molar-refractivity contribution in [3.05, 3.63) is 46.0 Å². The summed E-state index contributed by atoms with van der Waals surface area (Å²) >= 11 is 0. The standard InChI is InChI=1S/C24H30O6S2/c1-12-17(11-16(24(5,6)7)20(26)18(12)22(29)30)32(8)31-13-9-14(21(27)28)19(25)15(10-13)23(2,3)4/h9-11H,1-8H3,(H3-,25,26,27,28,29,30). The van der Waals surface area contributed by atoms with E-state index >= 15 is 0 Å². The molecular formula is C24H30O6S2. The normalized spacial score (nSPS) is 13.1. The number of carbonyl (C=O) groups is 2. The molecule has 6 nitrogen and oxygen atoms in total. The monoisotopic (exact) mass is 478 g/mol. The Morgan fingerprint density at radius 3 is 1.91 bits per heavy atom. The van der Waals surface area contributed by atoms with Crippen molar-refractivity contribution >= 4 is 32.7 Å². The molecule has 0 saturated heterocycles. The van der Waals surface area contributed by atoms with Gasteiger partial charge in [0.2, 0.25) is 0 Å². The van der Waals surface area contributed by atoms with Crippen molar-refractivity contribution < 1.29 is 30.0 Å². The molecule has 0 aromatic heterocycles. The fourth-order valence-corrected chi connectivity index (χ4v) is 6.90. The topological polar surface area (TPSA) is 118 Å². The van der Waals surface area contributed by atoms with E-state index in [4.69, 9.17) is 0 Å². The van der Waals surface area contributed by atoms with E-state index in [1.165, 1.54) is 16.9 Å². The predicted octanol–water partition coefficient (Wildman–Crippen LogP) is 5.08. The fourth-order valence-electron chi connectivity index (χ4n) is 3.43. The van der Waals surface area contributed by atoms with Gasteiger partial charge in [-0.3, -0.25) is 0 Å². The molecule has 0 saturated carbocycles. The fraction of sp³-hybridized carbons (Fsp3) is 0.417.